The highest BCUT2D eigenvalue weighted by Crippen LogP contribution is 2.22. The van der Waals surface area contributed by atoms with Crippen molar-refractivity contribution in [1.82, 2.24) is 14.8 Å². The monoisotopic (exact) mass is 393 g/mol. The molecule has 1 aromatic heterocycles. The molecule has 0 N–H and O–H groups in total. The number of amides is 1. The zero-order valence-corrected chi connectivity index (χ0v) is 16.6. The summed E-state index contributed by atoms with van der Waals surface area (Å²) in [5.41, 5.74) is 2.47. The first-order valence-corrected chi connectivity index (χ1v) is 10.2. The van der Waals surface area contributed by atoms with E-state index in [0.29, 0.717) is 6.54 Å². The summed E-state index contributed by atoms with van der Waals surface area (Å²) in [5.74, 6) is 0.0488. The number of pyridine rings is 1. The minimum atomic E-state index is 0.0142. The number of piperazine rings is 1. The molecule has 0 radical (unpaired) electrons. The maximum Gasteiger partial charge on any atom is 0.237 e. The maximum absolute atomic E-state index is 12.4. The van der Waals surface area contributed by atoms with Crippen molar-refractivity contribution in [3.63, 3.8) is 0 Å². The number of hydrogen-bond donors (Lipinski definition) is 0. The molecule has 144 valence electrons. The van der Waals surface area contributed by atoms with Crippen molar-refractivity contribution in [3.05, 3.63) is 78.1 Å². The first kappa shape index (κ1) is 18.9. The number of carbonyl (C=O) groups is 1. The first-order valence-electron chi connectivity index (χ1n) is 9.68. The second-order valence-corrected chi connectivity index (χ2v) is 7.58. The largest absolute Gasteiger partial charge is 0.336 e. The topological polar surface area (TPSA) is 36.4 Å². The van der Waals surface area contributed by atoms with Crippen LogP contribution in [0.25, 0.3) is 10.8 Å². The molecule has 1 fully saturated rings. The van der Waals surface area contributed by atoms with E-state index in [1.807, 2.05) is 17.2 Å². The zero-order chi connectivity index (χ0) is 19.3. The number of nitrogens with zero attached hydrogens (tertiary/aromatic N) is 3. The van der Waals surface area contributed by atoms with Crippen molar-refractivity contribution in [3.8, 4) is 0 Å². The van der Waals surface area contributed by atoms with Crippen LogP contribution in [-0.4, -0.2) is 52.2 Å². The van der Waals surface area contributed by atoms with Crippen molar-refractivity contribution in [2.24, 2.45) is 0 Å². The van der Waals surface area contributed by atoms with Gasteiger partial charge in [-0.15, -0.1) is 11.6 Å². The van der Waals surface area contributed by atoms with Crippen LogP contribution in [0.3, 0.4) is 0 Å². The summed E-state index contributed by atoms with van der Waals surface area (Å²) in [6.45, 7) is 3.28. The molecule has 1 aliphatic rings. The number of carbonyl (C=O) groups excluding carboxylic acids is 1. The average Bonchev–Trinajstić information content (AvgIpc) is 2.74. The van der Waals surface area contributed by atoms with E-state index < -0.39 is 0 Å². The lowest BCUT2D eigenvalue weighted by molar-refractivity contribution is -0.133. The van der Waals surface area contributed by atoms with Crippen LogP contribution < -0.4 is 0 Å². The summed E-state index contributed by atoms with van der Waals surface area (Å²) in [7, 11) is 0. The van der Waals surface area contributed by atoms with Gasteiger partial charge >= 0.3 is 0 Å². The van der Waals surface area contributed by atoms with Crippen LogP contribution in [0.2, 0.25) is 0 Å². The Morgan fingerprint density at radius 3 is 2.75 bits per heavy atom. The lowest BCUT2D eigenvalue weighted by Crippen LogP contribution is -2.56. The second-order valence-electron chi connectivity index (χ2n) is 7.31. The summed E-state index contributed by atoms with van der Waals surface area (Å²) < 4.78 is 0. The molecule has 0 bridgehead atoms. The minimum absolute atomic E-state index is 0.0142. The lowest BCUT2D eigenvalue weighted by atomic mass is 10.0. The van der Waals surface area contributed by atoms with E-state index in [2.05, 4.69) is 58.4 Å². The Morgan fingerprint density at radius 2 is 1.93 bits per heavy atom. The molecule has 1 unspecified atom stereocenters. The fraction of sp³-hybridized carbons (Fsp3) is 0.304. The molecular formula is C23H24ClN3O. The van der Waals surface area contributed by atoms with Gasteiger partial charge in [-0.25, -0.2) is 0 Å². The number of fused-ring (bicyclic) bond motifs is 1. The van der Waals surface area contributed by atoms with E-state index in [1.165, 1.54) is 16.3 Å². The lowest BCUT2D eigenvalue weighted by Gasteiger charge is -2.41. The van der Waals surface area contributed by atoms with Crippen LogP contribution in [-0.2, 0) is 17.8 Å². The highest BCUT2D eigenvalue weighted by atomic mass is 35.5. The van der Waals surface area contributed by atoms with Crippen LogP contribution in [0.5, 0.6) is 0 Å². The molecule has 1 aliphatic heterocycles. The SMILES string of the molecule is O=C(CCl)N1CCN(Cc2cccc3ccccc23)CC1Cc1cccnc1. The number of benzene rings is 2. The van der Waals surface area contributed by atoms with Gasteiger partial charge in [0.25, 0.3) is 0 Å². The molecule has 0 saturated carbocycles. The van der Waals surface area contributed by atoms with Gasteiger partial charge in [-0.1, -0.05) is 48.5 Å². The molecule has 1 amide bonds. The van der Waals surface area contributed by atoms with Gasteiger partial charge in [-0.3, -0.25) is 14.7 Å². The number of alkyl halides is 1. The highest BCUT2D eigenvalue weighted by molar-refractivity contribution is 6.27. The number of aromatic nitrogens is 1. The van der Waals surface area contributed by atoms with Crippen LogP contribution in [0.1, 0.15) is 11.1 Å². The standard InChI is InChI=1S/C23H24ClN3O/c24-14-23(28)27-12-11-26(17-21(27)13-18-5-4-10-25-15-18)16-20-8-3-7-19-6-1-2-9-22(19)20/h1-10,15,21H,11-14,16-17H2. The number of rotatable bonds is 5. The molecule has 1 saturated heterocycles. The summed E-state index contributed by atoms with van der Waals surface area (Å²) in [5, 5.41) is 2.57. The van der Waals surface area contributed by atoms with Crippen molar-refractivity contribution < 1.29 is 4.79 Å². The highest BCUT2D eigenvalue weighted by Gasteiger charge is 2.30. The Bertz CT molecular complexity index is 941. The van der Waals surface area contributed by atoms with Crippen molar-refractivity contribution in [2.45, 2.75) is 19.0 Å². The predicted octanol–water partition coefficient (Wildman–Crippen LogP) is 3.73. The first-order chi connectivity index (χ1) is 13.7. The Hall–Kier alpha value is -2.43. The third kappa shape index (κ3) is 4.18. The van der Waals surface area contributed by atoms with Crippen molar-refractivity contribution >= 4 is 28.3 Å². The summed E-state index contributed by atoms with van der Waals surface area (Å²) in [6.07, 6.45) is 4.45. The Labute approximate surface area is 170 Å². The third-order valence-corrected chi connectivity index (χ3v) is 5.70. The quantitative estimate of drug-likeness (QED) is 0.620. The fourth-order valence-corrected chi connectivity index (χ4v) is 4.26. The van der Waals surface area contributed by atoms with Gasteiger partial charge < -0.3 is 4.90 Å². The van der Waals surface area contributed by atoms with E-state index >= 15 is 0 Å². The van der Waals surface area contributed by atoms with Crippen molar-refractivity contribution in [2.75, 3.05) is 25.5 Å². The normalized spacial score (nSPS) is 17.8. The fourth-order valence-electron chi connectivity index (χ4n) is 4.11. The van der Waals surface area contributed by atoms with Gasteiger partial charge in [0.05, 0.1) is 0 Å². The van der Waals surface area contributed by atoms with E-state index in [1.54, 1.807) is 6.20 Å². The van der Waals surface area contributed by atoms with Crippen LogP contribution >= 0.6 is 11.6 Å². The Kier molecular flexibility index (Phi) is 5.89. The zero-order valence-electron chi connectivity index (χ0n) is 15.8. The molecule has 2 aromatic carbocycles. The van der Waals surface area contributed by atoms with Gasteiger partial charge in [0.15, 0.2) is 0 Å². The number of hydrogen-bond acceptors (Lipinski definition) is 3. The van der Waals surface area contributed by atoms with Gasteiger partial charge in [0.2, 0.25) is 5.91 Å². The molecule has 5 heteroatoms. The molecule has 1 atom stereocenters. The smallest absolute Gasteiger partial charge is 0.237 e. The van der Waals surface area contributed by atoms with Crippen LogP contribution in [0.15, 0.2) is 67.0 Å². The summed E-state index contributed by atoms with van der Waals surface area (Å²) in [4.78, 5) is 21.0. The molecule has 2 heterocycles. The van der Waals surface area contributed by atoms with E-state index in [4.69, 9.17) is 11.6 Å². The second kappa shape index (κ2) is 8.72. The summed E-state index contributed by atoms with van der Waals surface area (Å²) in [6, 6.07) is 19.1. The molecule has 4 nitrogen and oxygen atoms in total. The van der Waals surface area contributed by atoms with Crippen LogP contribution in [0, 0.1) is 0 Å². The molecule has 0 spiro atoms. The Balaban J connectivity index is 1.53. The average molecular weight is 394 g/mol. The van der Waals surface area contributed by atoms with Gasteiger partial charge in [-0.05, 0) is 34.4 Å². The molecule has 28 heavy (non-hydrogen) atoms. The summed E-state index contributed by atoms with van der Waals surface area (Å²) >= 11 is 5.87. The van der Waals surface area contributed by atoms with E-state index in [-0.39, 0.29) is 17.8 Å². The third-order valence-electron chi connectivity index (χ3n) is 5.47. The molecule has 3 aromatic rings. The van der Waals surface area contributed by atoms with E-state index in [0.717, 1.165) is 31.6 Å². The molecule has 4 rings (SSSR count). The molecule has 0 aliphatic carbocycles. The van der Waals surface area contributed by atoms with Gasteiger partial charge in [-0.2, -0.15) is 0 Å². The van der Waals surface area contributed by atoms with Crippen molar-refractivity contribution in [1.29, 1.82) is 0 Å². The molecular weight excluding hydrogens is 370 g/mol. The predicted molar refractivity (Wildman–Crippen MR) is 113 cm³/mol. The maximum atomic E-state index is 12.4. The van der Waals surface area contributed by atoms with Gasteiger partial charge in [0.1, 0.15) is 5.88 Å². The van der Waals surface area contributed by atoms with E-state index in [9.17, 15) is 4.79 Å². The number of halogens is 1. The van der Waals surface area contributed by atoms with Gasteiger partial charge in [0, 0.05) is 44.6 Å². The van der Waals surface area contributed by atoms with Crippen LogP contribution in [0.4, 0.5) is 0 Å². The Morgan fingerprint density at radius 1 is 1.07 bits per heavy atom. The minimum Gasteiger partial charge on any atom is -0.336 e.